The zero-order chi connectivity index (χ0) is 23.1. The van der Waals surface area contributed by atoms with Crippen LogP contribution >= 0.6 is 0 Å². The first-order chi connectivity index (χ1) is 15.2. The highest BCUT2D eigenvalue weighted by molar-refractivity contribution is 5.96. The zero-order valence-electron chi connectivity index (χ0n) is 17.6. The monoisotopic (exact) mass is 450 g/mol. The molecule has 1 aliphatic rings. The number of halogens is 3. The van der Waals surface area contributed by atoms with Crippen LogP contribution in [0.5, 0.6) is 5.75 Å². The summed E-state index contributed by atoms with van der Waals surface area (Å²) in [4.78, 5) is 28.1. The Hall–Kier alpha value is -3.11. The van der Waals surface area contributed by atoms with Crippen molar-refractivity contribution in [3.05, 3.63) is 59.7 Å². The van der Waals surface area contributed by atoms with Gasteiger partial charge in [0.2, 0.25) is 5.91 Å². The molecular weight excluding hydrogens is 425 g/mol. The summed E-state index contributed by atoms with van der Waals surface area (Å²) >= 11 is 0. The Labute approximate surface area is 184 Å². The molecule has 1 fully saturated rings. The molecule has 0 radical (unpaired) electrons. The van der Waals surface area contributed by atoms with Gasteiger partial charge >= 0.3 is 6.36 Å². The van der Waals surface area contributed by atoms with Crippen molar-refractivity contribution < 1.29 is 27.5 Å². The minimum atomic E-state index is -4.70. The molecule has 0 aliphatic carbocycles. The van der Waals surface area contributed by atoms with E-state index in [0.29, 0.717) is 30.9 Å². The second-order valence-electron chi connectivity index (χ2n) is 7.45. The number of piperazine rings is 1. The molecule has 172 valence electrons. The maximum absolute atomic E-state index is 12.3. The van der Waals surface area contributed by atoms with Crippen LogP contribution < -0.4 is 15.4 Å². The Morgan fingerprint density at radius 1 is 0.938 bits per heavy atom. The smallest absolute Gasteiger partial charge is 0.406 e. The van der Waals surface area contributed by atoms with Gasteiger partial charge in [0, 0.05) is 51.0 Å². The number of carbonyl (C=O) groups excluding carboxylic acids is 2. The summed E-state index contributed by atoms with van der Waals surface area (Å²) in [6.45, 7) is 3.78. The number of nitrogens with zero attached hydrogens (tertiary/aromatic N) is 2. The van der Waals surface area contributed by atoms with Gasteiger partial charge in [-0.15, -0.1) is 13.2 Å². The van der Waals surface area contributed by atoms with E-state index in [1.54, 1.807) is 43.4 Å². The maximum Gasteiger partial charge on any atom is 0.573 e. The summed E-state index contributed by atoms with van der Waals surface area (Å²) in [5.41, 5.74) is 2.04. The molecule has 1 aliphatic heterocycles. The number of alkyl halides is 3. The van der Waals surface area contributed by atoms with E-state index in [1.165, 1.54) is 12.1 Å². The molecule has 7 nitrogen and oxygen atoms in total. The molecule has 1 saturated heterocycles. The first-order valence-electron chi connectivity index (χ1n) is 10.1. The van der Waals surface area contributed by atoms with Gasteiger partial charge in [-0.05, 0) is 42.0 Å². The lowest BCUT2D eigenvalue weighted by molar-refractivity contribution is -0.274. The summed E-state index contributed by atoms with van der Waals surface area (Å²) in [6, 6.07) is 12.5. The fourth-order valence-corrected chi connectivity index (χ4v) is 3.41. The average molecular weight is 450 g/mol. The molecule has 0 unspecified atom stereocenters. The summed E-state index contributed by atoms with van der Waals surface area (Å²) in [6.07, 6.45) is -4.70. The molecule has 1 heterocycles. The number of hydrogen-bond donors (Lipinski definition) is 2. The van der Waals surface area contributed by atoms with E-state index in [4.69, 9.17) is 0 Å². The van der Waals surface area contributed by atoms with Crippen LogP contribution in [0.1, 0.15) is 15.9 Å². The van der Waals surface area contributed by atoms with Crippen LogP contribution in [0, 0.1) is 0 Å². The van der Waals surface area contributed by atoms with Crippen LogP contribution in [0.2, 0.25) is 0 Å². The van der Waals surface area contributed by atoms with Gasteiger partial charge in [-0.2, -0.15) is 0 Å². The Morgan fingerprint density at radius 2 is 1.53 bits per heavy atom. The molecule has 3 rings (SSSR count). The van der Waals surface area contributed by atoms with Crippen LogP contribution in [0.4, 0.5) is 18.9 Å². The molecule has 10 heteroatoms. The molecule has 0 aromatic heterocycles. The molecule has 2 N–H and O–H groups in total. The number of carbonyl (C=O) groups is 2. The van der Waals surface area contributed by atoms with Crippen LogP contribution in [0.25, 0.3) is 0 Å². The first kappa shape index (κ1) is 23.6. The van der Waals surface area contributed by atoms with Gasteiger partial charge in [-0.1, -0.05) is 12.1 Å². The Morgan fingerprint density at radius 3 is 2.09 bits per heavy atom. The second-order valence-corrected chi connectivity index (χ2v) is 7.45. The number of benzene rings is 2. The van der Waals surface area contributed by atoms with Gasteiger partial charge in [-0.3, -0.25) is 19.4 Å². The van der Waals surface area contributed by atoms with Gasteiger partial charge in [0.1, 0.15) is 5.75 Å². The highest BCUT2D eigenvalue weighted by Gasteiger charge is 2.31. The van der Waals surface area contributed by atoms with Gasteiger partial charge in [0.25, 0.3) is 5.91 Å². The van der Waals surface area contributed by atoms with Crippen molar-refractivity contribution in [2.24, 2.45) is 0 Å². The van der Waals surface area contributed by atoms with Gasteiger partial charge in [-0.25, -0.2) is 0 Å². The molecule has 32 heavy (non-hydrogen) atoms. The summed E-state index contributed by atoms with van der Waals surface area (Å²) < 4.78 is 40.6. The highest BCUT2D eigenvalue weighted by Crippen LogP contribution is 2.23. The van der Waals surface area contributed by atoms with Crippen LogP contribution in [0.15, 0.2) is 48.5 Å². The van der Waals surface area contributed by atoms with Gasteiger partial charge < -0.3 is 15.4 Å². The summed E-state index contributed by atoms with van der Waals surface area (Å²) in [7, 11) is 1.56. The van der Waals surface area contributed by atoms with E-state index in [-0.39, 0.29) is 24.1 Å². The molecule has 0 atom stereocenters. The SMILES string of the molecule is CNC(=O)c1ccc(NC(=O)CN2CCN(Cc3ccc(OC(F)(F)F)cc3)CC2)cc1. The number of rotatable bonds is 7. The number of ether oxygens (including phenoxy) is 1. The Kier molecular flexibility index (Phi) is 7.70. The van der Waals surface area contributed by atoms with Crippen molar-refractivity contribution in [3.63, 3.8) is 0 Å². The lowest BCUT2D eigenvalue weighted by Gasteiger charge is -2.34. The van der Waals surface area contributed by atoms with E-state index < -0.39 is 6.36 Å². The van der Waals surface area contributed by atoms with Crippen molar-refractivity contribution in [2.45, 2.75) is 12.9 Å². The van der Waals surface area contributed by atoms with Gasteiger partial charge in [0.15, 0.2) is 0 Å². The Bertz CT molecular complexity index is 910. The molecule has 0 bridgehead atoms. The van der Waals surface area contributed by atoms with E-state index in [9.17, 15) is 22.8 Å². The molecule has 0 saturated carbocycles. The number of nitrogens with one attached hydrogen (secondary N) is 2. The third kappa shape index (κ3) is 7.24. The third-order valence-electron chi connectivity index (χ3n) is 5.05. The maximum atomic E-state index is 12.3. The van der Waals surface area contributed by atoms with Crippen LogP contribution in [-0.2, 0) is 11.3 Å². The van der Waals surface area contributed by atoms with Crippen LogP contribution in [-0.4, -0.2) is 67.7 Å². The molecule has 0 spiro atoms. The van der Waals surface area contributed by atoms with Crippen molar-refractivity contribution in [1.29, 1.82) is 0 Å². The number of amides is 2. The van der Waals surface area contributed by atoms with E-state index >= 15 is 0 Å². The normalized spacial score (nSPS) is 15.2. The molecule has 2 amide bonds. The highest BCUT2D eigenvalue weighted by atomic mass is 19.4. The molecular formula is C22H25F3N4O3. The van der Waals surface area contributed by atoms with E-state index in [2.05, 4.69) is 20.3 Å². The molecule has 2 aromatic rings. The van der Waals surface area contributed by atoms with Crippen molar-refractivity contribution >= 4 is 17.5 Å². The van der Waals surface area contributed by atoms with Gasteiger partial charge in [0.05, 0.1) is 6.54 Å². The fourth-order valence-electron chi connectivity index (χ4n) is 3.41. The predicted octanol–water partition coefficient (Wildman–Crippen LogP) is 2.70. The topological polar surface area (TPSA) is 73.9 Å². The average Bonchev–Trinajstić information content (AvgIpc) is 2.75. The van der Waals surface area contributed by atoms with E-state index in [0.717, 1.165) is 18.7 Å². The predicted molar refractivity (Wildman–Crippen MR) is 113 cm³/mol. The quantitative estimate of drug-likeness (QED) is 0.679. The number of hydrogen-bond acceptors (Lipinski definition) is 5. The second kappa shape index (κ2) is 10.5. The standard InChI is InChI=1S/C22H25F3N4O3/c1-26-21(31)17-4-6-18(7-5-17)27-20(30)15-29-12-10-28(11-13-29)14-16-2-8-19(9-3-16)32-22(23,24)25/h2-9H,10-15H2,1H3,(H,26,31)(H,27,30). The molecule has 2 aromatic carbocycles. The third-order valence-corrected chi connectivity index (χ3v) is 5.05. The van der Waals surface area contributed by atoms with Crippen molar-refractivity contribution in [3.8, 4) is 5.75 Å². The summed E-state index contributed by atoms with van der Waals surface area (Å²) in [5, 5.41) is 5.37. The minimum absolute atomic E-state index is 0.133. The lowest BCUT2D eigenvalue weighted by Crippen LogP contribution is -2.48. The van der Waals surface area contributed by atoms with Crippen molar-refractivity contribution in [2.75, 3.05) is 45.1 Å². The zero-order valence-corrected chi connectivity index (χ0v) is 17.6. The van der Waals surface area contributed by atoms with E-state index in [1.807, 2.05) is 4.90 Å². The first-order valence-corrected chi connectivity index (χ1v) is 10.1. The number of anilines is 1. The lowest BCUT2D eigenvalue weighted by atomic mass is 10.2. The van der Waals surface area contributed by atoms with Crippen molar-refractivity contribution in [1.82, 2.24) is 15.1 Å². The summed E-state index contributed by atoms with van der Waals surface area (Å²) in [5.74, 6) is -0.557. The minimum Gasteiger partial charge on any atom is -0.406 e. The van der Waals surface area contributed by atoms with Crippen LogP contribution in [0.3, 0.4) is 0 Å². The largest absolute Gasteiger partial charge is 0.573 e. The fraction of sp³-hybridized carbons (Fsp3) is 0.364. The Balaban J connectivity index is 1.40.